The third-order valence-electron chi connectivity index (χ3n) is 4.90. The van der Waals surface area contributed by atoms with Gasteiger partial charge < -0.3 is 25.5 Å². The normalized spacial score (nSPS) is 16.5. The van der Waals surface area contributed by atoms with Gasteiger partial charge in [-0.2, -0.15) is 0 Å². The molecule has 0 aliphatic carbocycles. The summed E-state index contributed by atoms with van der Waals surface area (Å²) >= 11 is 0. The van der Waals surface area contributed by atoms with Crippen LogP contribution in [0.2, 0.25) is 0 Å². The lowest BCUT2D eigenvalue weighted by atomic mass is 9.84. The number of aromatic nitrogens is 1. The first-order valence-electron chi connectivity index (χ1n) is 7.77. The van der Waals surface area contributed by atoms with Gasteiger partial charge in [0.25, 0.3) is 0 Å². The Balaban J connectivity index is 1.97. The average molecular weight is 313 g/mol. The second-order valence-corrected chi connectivity index (χ2v) is 6.19. The number of nitrogens with zero attached hydrogens (tertiary/aromatic N) is 1. The van der Waals surface area contributed by atoms with Crippen molar-refractivity contribution in [1.29, 1.82) is 0 Å². The zero-order chi connectivity index (χ0) is 16.1. The standard InChI is InChI=1S/C17H19N3O3/c1-23-13-7-10(6-12(18)17(13)22)11-8-14(21)19-15-9-2-4-20(5-3-9)16(11)15/h6-9,22H,2-5,18H2,1H3,(H,19,21). The summed E-state index contributed by atoms with van der Waals surface area (Å²) in [6.07, 6.45) is 2.15. The van der Waals surface area contributed by atoms with Crippen molar-refractivity contribution in [2.24, 2.45) is 0 Å². The molecule has 0 atom stereocenters. The minimum Gasteiger partial charge on any atom is -0.503 e. The van der Waals surface area contributed by atoms with Gasteiger partial charge in [-0.25, -0.2) is 0 Å². The Morgan fingerprint density at radius 3 is 2.74 bits per heavy atom. The van der Waals surface area contributed by atoms with Crippen molar-refractivity contribution >= 4 is 11.4 Å². The molecule has 6 heteroatoms. The predicted molar refractivity (Wildman–Crippen MR) is 89.3 cm³/mol. The predicted octanol–water partition coefficient (Wildman–Crippen LogP) is 2.04. The molecule has 3 aliphatic heterocycles. The number of hydrogen-bond acceptors (Lipinski definition) is 5. The Morgan fingerprint density at radius 1 is 1.30 bits per heavy atom. The quantitative estimate of drug-likeness (QED) is 0.583. The number of nitrogens with two attached hydrogens (primary N) is 1. The highest BCUT2D eigenvalue weighted by atomic mass is 16.5. The number of ether oxygens (including phenoxy) is 1. The number of H-pyrrole nitrogens is 1. The number of piperidine rings is 1. The fourth-order valence-electron chi connectivity index (χ4n) is 3.76. The van der Waals surface area contributed by atoms with E-state index in [1.54, 1.807) is 18.2 Å². The maximum atomic E-state index is 12.1. The molecular weight excluding hydrogens is 294 g/mol. The van der Waals surface area contributed by atoms with Gasteiger partial charge in [0, 0.05) is 36.3 Å². The molecule has 4 heterocycles. The molecule has 1 fully saturated rings. The fraction of sp³-hybridized carbons (Fsp3) is 0.353. The Morgan fingerprint density at radius 2 is 2.04 bits per heavy atom. The summed E-state index contributed by atoms with van der Waals surface area (Å²) in [6.45, 7) is 2.00. The molecule has 0 radical (unpaired) electrons. The van der Waals surface area contributed by atoms with E-state index in [2.05, 4.69) is 9.88 Å². The van der Waals surface area contributed by atoms with Crippen LogP contribution < -0.4 is 20.9 Å². The van der Waals surface area contributed by atoms with E-state index in [0.29, 0.717) is 11.7 Å². The van der Waals surface area contributed by atoms with Crippen LogP contribution in [0.15, 0.2) is 23.0 Å². The van der Waals surface area contributed by atoms with Gasteiger partial charge in [0.1, 0.15) is 0 Å². The molecule has 0 spiro atoms. The molecule has 0 amide bonds. The minimum absolute atomic E-state index is 0.0724. The molecule has 120 valence electrons. The molecule has 5 rings (SSSR count). The first kappa shape index (κ1) is 14.0. The van der Waals surface area contributed by atoms with E-state index in [0.717, 1.165) is 48.4 Å². The van der Waals surface area contributed by atoms with E-state index >= 15 is 0 Å². The van der Waals surface area contributed by atoms with Crippen LogP contribution >= 0.6 is 0 Å². The van der Waals surface area contributed by atoms with Crippen LogP contribution in [-0.4, -0.2) is 30.3 Å². The molecule has 2 aromatic rings. The summed E-state index contributed by atoms with van der Waals surface area (Å²) in [5.74, 6) is 0.654. The van der Waals surface area contributed by atoms with Crippen LogP contribution in [0.4, 0.5) is 11.4 Å². The molecule has 3 aliphatic rings. The molecular formula is C17H19N3O3. The van der Waals surface area contributed by atoms with Gasteiger partial charge in [-0.15, -0.1) is 0 Å². The Labute approximate surface area is 133 Å². The van der Waals surface area contributed by atoms with Crippen LogP contribution in [0, 0.1) is 0 Å². The SMILES string of the molecule is COc1cc(-c2cc(=O)[nH]c3c2N2CCC3CC2)cc(N)c1O. The number of hydrogen-bond donors (Lipinski definition) is 3. The highest BCUT2D eigenvalue weighted by Gasteiger charge is 2.34. The molecule has 0 saturated carbocycles. The molecule has 1 saturated heterocycles. The molecule has 4 N–H and O–H groups in total. The fourth-order valence-corrected chi connectivity index (χ4v) is 3.76. The van der Waals surface area contributed by atoms with Crippen molar-refractivity contribution in [2.75, 3.05) is 30.8 Å². The average Bonchev–Trinajstić information content (AvgIpc) is 2.57. The number of aromatic amines is 1. The van der Waals surface area contributed by atoms with Gasteiger partial charge in [-0.1, -0.05) is 0 Å². The van der Waals surface area contributed by atoms with Crippen molar-refractivity contribution in [1.82, 2.24) is 4.98 Å². The number of nitrogen functional groups attached to an aromatic ring is 1. The lowest BCUT2D eigenvalue weighted by Crippen LogP contribution is -2.40. The van der Waals surface area contributed by atoms with Gasteiger partial charge in [0.15, 0.2) is 11.5 Å². The van der Waals surface area contributed by atoms with Crippen LogP contribution in [0.25, 0.3) is 11.1 Å². The van der Waals surface area contributed by atoms with Gasteiger partial charge in [-0.05, 0) is 30.5 Å². The largest absolute Gasteiger partial charge is 0.503 e. The van der Waals surface area contributed by atoms with E-state index < -0.39 is 0 Å². The summed E-state index contributed by atoms with van der Waals surface area (Å²) in [4.78, 5) is 17.5. The summed E-state index contributed by atoms with van der Waals surface area (Å²) in [5.41, 5.74) is 9.76. The topological polar surface area (TPSA) is 91.6 Å². The molecule has 2 bridgehead atoms. The smallest absolute Gasteiger partial charge is 0.248 e. The number of phenolic OH excluding ortho intramolecular Hbond substituents is 1. The Kier molecular flexibility index (Phi) is 3.01. The number of aromatic hydroxyl groups is 1. The number of phenols is 1. The number of anilines is 2. The van der Waals surface area contributed by atoms with E-state index in [1.165, 1.54) is 7.11 Å². The number of rotatable bonds is 2. The van der Waals surface area contributed by atoms with E-state index in [-0.39, 0.29) is 17.0 Å². The summed E-state index contributed by atoms with van der Waals surface area (Å²) in [5, 5.41) is 9.94. The molecule has 1 aromatic heterocycles. The second-order valence-electron chi connectivity index (χ2n) is 6.19. The second kappa shape index (κ2) is 4.94. The molecule has 1 aromatic carbocycles. The maximum Gasteiger partial charge on any atom is 0.248 e. The van der Waals surface area contributed by atoms with Crippen LogP contribution in [0.5, 0.6) is 11.5 Å². The number of pyridine rings is 1. The van der Waals surface area contributed by atoms with Gasteiger partial charge in [-0.3, -0.25) is 4.79 Å². The van der Waals surface area contributed by atoms with Crippen LogP contribution in [0.3, 0.4) is 0 Å². The number of methoxy groups -OCH3 is 1. The lowest BCUT2D eigenvalue weighted by Gasteiger charge is -2.42. The third kappa shape index (κ3) is 2.05. The maximum absolute atomic E-state index is 12.1. The molecule has 0 unspecified atom stereocenters. The first-order valence-corrected chi connectivity index (χ1v) is 7.77. The zero-order valence-electron chi connectivity index (χ0n) is 12.9. The van der Waals surface area contributed by atoms with E-state index in [9.17, 15) is 9.90 Å². The third-order valence-corrected chi connectivity index (χ3v) is 4.90. The van der Waals surface area contributed by atoms with Crippen molar-refractivity contribution in [3.05, 3.63) is 34.2 Å². The first-order chi connectivity index (χ1) is 11.1. The van der Waals surface area contributed by atoms with Gasteiger partial charge in [0.2, 0.25) is 5.56 Å². The van der Waals surface area contributed by atoms with Crippen molar-refractivity contribution in [3.8, 4) is 22.6 Å². The minimum atomic E-state index is -0.113. The van der Waals surface area contributed by atoms with Crippen molar-refractivity contribution in [3.63, 3.8) is 0 Å². The number of benzene rings is 1. The Bertz CT molecular complexity index is 836. The van der Waals surface area contributed by atoms with Crippen LogP contribution in [-0.2, 0) is 0 Å². The van der Waals surface area contributed by atoms with Gasteiger partial charge in [0.05, 0.1) is 18.5 Å². The summed E-state index contributed by atoms with van der Waals surface area (Å²) in [6, 6.07) is 5.02. The van der Waals surface area contributed by atoms with Crippen molar-refractivity contribution < 1.29 is 9.84 Å². The summed E-state index contributed by atoms with van der Waals surface area (Å²) in [7, 11) is 1.48. The Hall–Kier alpha value is -2.63. The number of fused-ring (bicyclic) bond motifs is 2. The van der Waals surface area contributed by atoms with E-state index in [1.807, 2.05) is 0 Å². The lowest BCUT2D eigenvalue weighted by molar-refractivity contribution is 0.375. The summed E-state index contributed by atoms with van der Waals surface area (Å²) < 4.78 is 5.19. The van der Waals surface area contributed by atoms with Crippen LogP contribution in [0.1, 0.15) is 24.5 Å². The van der Waals surface area contributed by atoms with E-state index in [4.69, 9.17) is 10.5 Å². The molecule has 23 heavy (non-hydrogen) atoms. The zero-order valence-corrected chi connectivity index (χ0v) is 12.9. The highest BCUT2D eigenvalue weighted by molar-refractivity contribution is 5.85. The monoisotopic (exact) mass is 313 g/mol. The molecule has 6 nitrogen and oxygen atoms in total. The van der Waals surface area contributed by atoms with Crippen molar-refractivity contribution in [2.45, 2.75) is 18.8 Å². The number of nitrogens with one attached hydrogen (secondary N) is 1. The van der Waals surface area contributed by atoms with Gasteiger partial charge >= 0.3 is 0 Å². The highest BCUT2D eigenvalue weighted by Crippen LogP contribution is 2.46.